The summed E-state index contributed by atoms with van der Waals surface area (Å²) in [6, 6.07) is 0.497. The van der Waals surface area contributed by atoms with E-state index in [1.54, 1.807) is 7.05 Å². The lowest BCUT2D eigenvalue weighted by molar-refractivity contribution is 0.00247. The lowest BCUT2D eigenvalue weighted by Gasteiger charge is -2.37. The molecule has 2 aliphatic heterocycles. The van der Waals surface area contributed by atoms with Gasteiger partial charge in [-0.2, -0.15) is 0 Å². The van der Waals surface area contributed by atoms with Crippen molar-refractivity contribution < 1.29 is 9.47 Å². The number of rotatable bonds is 4. The molecule has 0 aromatic carbocycles. The first-order valence-electron chi connectivity index (χ1n) is 7.13. The molecule has 0 saturated carbocycles. The van der Waals surface area contributed by atoms with Gasteiger partial charge in [0.1, 0.15) is 0 Å². The van der Waals surface area contributed by atoms with E-state index in [4.69, 9.17) is 9.47 Å². The number of nitrogens with zero attached hydrogens (tertiary/aromatic N) is 2. The molecule has 110 valence electrons. The molecule has 0 radical (unpaired) electrons. The van der Waals surface area contributed by atoms with E-state index in [9.17, 15) is 0 Å². The molecule has 6 nitrogen and oxygen atoms in total. The van der Waals surface area contributed by atoms with Gasteiger partial charge in [0.15, 0.2) is 5.96 Å². The molecule has 2 aliphatic rings. The van der Waals surface area contributed by atoms with Crippen molar-refractivity contribution in [2.75, 3.05) is 60.2 Å². The van der Waals surface area contributed by atoms with Crippen molar-refractivity contribution in [3.8, 4) is 0 Å². The van der Waals surface area contributed by atoms with Gasteiger partial charge in [-0.3, -0.25) is 9.89 Å². The summed E-state index contributed by atoms with van der Waals surface area (Å²) in [4.78, 5) is 6.70. The van der Waals surface area contributed by atoms with Crippen LogP contribution in [0.4, 0.5) is 0 Å². The predicted octanol–water partition coefficient (Wildman–Crippen LogP) is -0.481. The molecule has 2 N–H and O–H groups in total. The van der Waals surface area contributed by atoms with Crippen molar-refractivity contribution in [3.63, 3.8) is 0 Å². The van der Waals surface area contributed by atoms with E-state index in [2.05, 4.69) is 20.5 Å². The molecule has 0 unspecified atom stereocenters. The summed E-state index contributed by atoms with van der Waals surface area (Å²) < 4.78 is 11.0. The molecule has 2 saturated heterocycles. The maximum Gasteiger partial charge on any atom is 0.190 e. The van der Waals surface area contributed by atoms with E-state index < -0.39 is 0 Å². The highest BCUT2D eigenvalue weighted by Crippen LogP contribution is 2.21. The van der Waals surface area contributed by atoms with E-state index >= 15 is 0 Å². The summed E-state index contributed by atoms with van der Waals surface area (Å²) in [5.41, 5.74) is 0. The molecule has 0 bridgehead atoms. The molecule has 19 heavy (non-hydrogen) atoms. The van der Waals surface area contributed by atoms with Crippen LogP contribution in [0.2, 0.25) is 0 Å². The Hall–Kier alpha value is -0.850. The zero-order valence-corrected chi connectivity index (χ0v) is 12.0. The Morgan fingerprint density at radius 2 is 2.11 bits per heavy atom. The Bertz CT molecular complexity index is 286. The SMILES string of the molecule is CN=C(NC)NC[C@H]([C@H]1CCOC1)N1CCOCC1. The fourth-order valence-electron chi connectivity index (χ4n) is 2.84. The molecule has 2 atom stereocenters. The number of morpholine rings is 1. The quantitative estimate of drug-likeness (QED) is 0.534. The van der Waals surface area contributed by atoms with Crippen LogP contribution in [0.5, 0.6) is 0 Å². The molecule has 0 spiro atoms. The van der Waals surface area contributed by atoms with Crippen molar-refractivity contribution in [1.29, 1.82) is 0 Å². The first-order valence-corrected chi connectivity index (χ1v) is 7.13. The fraction of sp³-hybridized carbons (Fsp3) is 0.923. The highest BCUT2D eigenvalue weighted by Gasteiger charge is 2.31. The normalized spacial score (nSPS) is 27.3. The highest BCUT2D eigenvalue weighted by atomic mass is 16.5. The number of aliphatic imine (C=N–C) groups is 1. The standard InChI is InChI=1S/C13H26N4O2/c1-14-13(15-2)16-9-12(11-3-6-19-10-11)17-4-7-18-8-5-17/h11-12H,3-10H2,1-2H3,(H2,14,15,16)/t11-,12+/m0/s1. The van der Waals surface area contributed by atoms with Crippen molar-refractivity contribution in [1.82, 2.24) is 15.5 Å². The minimum absolute atomic E-state index is 0.497. The molecule has 2 fully saturated rings. The van der Waals surface area contributed by atoms with Gasteiger partial charge in [0.05, 0.1) is 19.8 Å². The van der Waals surface area contributed by atoms with Crippen molar-refractivity contribution in [2.45, 2.75) is 12.5 Å². The molecule has 0 aliphatic carbocycles. The van der Waals surface area contributed by atoms with Crippen LogP contribution in [0.1, 0.15) is 6.42 Å². The second kappa shape index (κ2) is 7.67. The van der Waals surface area contributed by atoms with Crippen LogP contribution >= 0.6 is 0 Å². The number of ether oxygens (including phenoxy) is 2. The Balaban J connectivity index is 1.92. The third-order valence-corrected chi connectivity index (χ3v) is 3.96. The largest absolute Gasteiger partial charge is 0.381 e. The van der Waals surface area contributed by atoms with E-state index in [-0.39, 0.29) is 0 Å². The molecule has 0 aromatic rings. The summed E-state index contributed by atoms with van der Waals surface area (Å²) in [5, 5.41) is 6.46. The van der Waals surface area contributed by atoms with Gasteiger partial charge in [-0.25, -0.2) is 0 Å². The number of nitrogens with one attached hydrogen (secondary N) is 2. The Labute approximate surface area is 115 Å². The topological polar surface area (TPSA) is 58.1 Å². The van der Waals surface area contributed by atoms with Gasteiger partial charge in [0, 0.05) is 52.3 Å². The van der Waals surface area contributed by atoms with Gasteiger partial charge >= 0.3 is 0 Å². The van der Waals surface area contributed by atoms with Crippen LogP contribution < -0.4 is 10.6 Å². The van der Waals surface area contributed by atoms with Crippen LogP contribution in [0.3, 0.4) is 0 Å². The lowest BCUT2D eigenvalue weighted by atomic mass is 9.97. The van der Waals surface area contributed by atoms with Crippen LogP contribution in [0, 0.1) is 5.92 Å². The van der Waals surface area contributed by atoms with Crippen LogP contribution in [-0.4, -0.2) is 77.1 Å². The van der Waals surface area contributed by atoms with Gasteiger partial charge in [0.25, 0.3) is 0 Å². The van der Waals surface area contributed by atoms with E-state index in [1.165, 1.54) is 0 Å². The minimum Gasteiger partial charge on any atom is -0.381 e. The summed E-state index contributed by atoms with van der Waals surface area (Å²) >= 11 is 0. The van der Waals surface area contributed by atoms with E-state index in [0.29, 0.717) is 12.0 Å². The highest BCUT2D eigenvalue weighted by molar-refractivity contribution is 5.79. The second-order valence-electron chi connectivity index (χ2n) is 5.04. The number of hydrogen-bond acceptors (Lipinski definition) is 4. The number of hydrogen-bond donors (Lipinski definition) is 2. The molecule has 6 heteroatoms. The Morgan fingerprint density at radius 1 is 1.32 bits per heavy atom. The molecular weight excluding hydrogens is 244 g/mol. The average Bonchev–Trinajstić information content (AvgIpc) is 2.99. The zero-order chi connectivity index (χ0) is 13.5. The van der Waals surface area contributed by atoms with Gasteiger partial charge in [-0.15, -0.1) is 0 Å². The second-order valence-corrected chi connectivity index (χ2v) is 5.04. The van der Waals surface area contributed by atoms with Crippen LogP contribution in [-0.2, 0) is 9.47 Å². The van der Waals surface area contributed by atoms with Crippen LogP contribution in [0.25, 0.3) is 0 Å². The van der Waals surface area contributed by atoms with Gasteiger partial charge in [-0.05, 0) is 6.42 Å². The van der Waals surface area contributed by atoms with Gasteiger partial charge in [-0.1, -0.05) is 0 Å². The zero-order valence-electron chi connectivity index (χ0n) is 12.0. The molecule has 0 aromatic heterocycles. The average molecular weight is 270 g/mol. The molecule has 2 heterocycles. The Kier molecular flexibility index (Phi) is 5.88. The molecule has 0 amide bonds. The predicted molar refractivity (Wildman–Crippen MR) is 75.5 cm³/mol. The summed E-state index contributed by atoms with van der Waals surface area (Å²) in [6.07, 6.45) is 1.15. The fourth-order valence-corrected chi connectivity index (χ4v) is 2.84. The van der Waals surface area contributed by atoms with Crippen LogP contribution in [0.15, 0.2) is 4.99 Å². The first kappa shape index (κ1) is 14.6. The summed E-state index contributed by atoms with van der Waals surface area (Å²) in [5.74, 6) is 1.46. The lowest BCUT2D eigenvalue weighted by Crippen LogP contribution is -2.53. The smallest absolute Gasteiger partial charge is 0.190 e. The van der Waals surface area contributed by atoms with E-state index in [1.807, 2.05) is 7.05 Å². The van der Waals surface area contributed by atoms with Gasteiger partial charge < -0.3 is 20.1 Å². The monoisotopic (exact) mass is 270 g/mol. The van der Waals surface area contributed by atoms with E-state index in [0.717, 1.165) is 58.4 Å². The minimum atomic E-state index is 0.497. The first-order chi connectivity index (χ1) is 9.35. The van der Waals surface area contributed by atoms with Gasteiger partial charge in [0.2, 0.25) is 0 Å². The third-order valence-electron chi connectivity index (χ3n) is 3.96. The third kappa shape index (κ3) is 4.06. The maximum absolute atomic E-state index is 5.56. The van der Waals surface area contributed by atoms with Crippen molar-refractivity contribution in [3.05, 3.63) is 0 Å². The summed E-state index contributed by atoms with van der Waals surface area (Å²) in [7, 11) is 3.68. The Morgan fingerprint density at radius 3 is 2.68 bits per heavy atom. The van der Waals surface area contributed by atoms with Crippen molar-refractivity contribution in [2.24, 2.45) is 10.9 Å². The summed E-state index contributed by atoms with van der Waals surface area (Å²) in [6.45, 7) is 6.38. The van der Waals surface area contributed by atoms with Crippen molar-refractivity contribution >= 4 is 5.96 Å². The number of guanidine groups is 1. The molecule has 2 rings (SSSR count). The maximum atomic E-state index is 5.56. The molecular formula is C13H26N4O2.